The number of rotatable bonds is 6. The van der Waals surface area contributed by atoms with E-state index in [2.05, 4.69) is 20.3 Å². The van der Waals surface area contributed by atoms with Crippen LogP contribution < -0.4 is 5.32 Å². The number of hydrogen-bond acceptors (Lipinski definition) is 9. The van der Waals surface area contributed by atoms with E-state index in [9.17, 15) is 18.0 Å². The second-order valence-electron chi connectivity index (χ2n) is 6.00. The quantitative estimate of drug-likeness (QED) is 0.544. The van der Waals surface area contributed by atoms with Crippen molar-refractivity contribution in [1.29, 1.82) is 0 Å². The fraction of sp³-hybridized carbons (Fsp3) is 0.400. The lowest BCUT2D eigenvalue weighted by atomic mass is 10.2. The first-order valence-electron chi connectivity index (χ1n) is 7.67. The van der Waals surface area contributed by atoms with E-state index in [1.54, 1.807) is 6.92 Å². The number of nitrogens with zero attached hydrogens (tertiary/aromatic N) is 3. The topological polar surface area (TPSA) is 128 Å². The number of aromatic nitrogens is 3. The molecule has 0 saturated carbocycles. The first-order chi connectivity index (χ1) is 12.5. The Morgan fingerprint density at radius 2 is 2.00 bits per heavy atom. The Kier molecular flexibility index (Phi) is 6.50. The van der Waals surface area contributed by atoms with Crippen molar-refractivity contribution in [2.75, 3.05) is 18.2 Å². The van der Waals surface area contributed by atoms with Gasteiger partial charge in [0.2, 0.25) is 15.0 Å². The monoisotopic (exact) mass is 432 g/mol. The van der Waals surface area contributed by atoms with Crippen molar-refractivity contribution in [3.05, 3.63) is 27.5 Å². The minimum atomic E-state index is -3.71. The number of sulfone groups is 1. The van der Waals surface area contributed by atoms with Gasteiger partial charge in [-0.1, -0.05) is 36.8 Å². The molecule has 0 aliphatic rings. The van der Waals surface area contributed by atoms with Gasteiger partial charge >= 0.3 is 5.97 Å². The summed E-state index contributed by atoms with van der Waals surface area (Å²) >= 11 is 6.83. The summed E-state index contributed by atoms with van der Waals surface area (Å²) < 4.78 is 28.3. The molecule has 0 fully saturated rings. The molecule has 1 amide bonds. The third-order valence-electron chi connectivity index (χ3n) is 3.02. The average Bonchev–Trinajstić information content (AvgIpc) is 2.92. The van der Waals surface area contributed by atoms with Gasteiger partial charge in [-0.15, -0.1) is 0 Å². The maximum atomic E-state index is 12.4. The zero-order valence-electron chi connectivity index (χ0n) is 14.9. The molecule has 0 aromatic carbocycles. The SMILES string of the molecule is Cc1nc(NC(=O)c2nc(S(C)(=O)=O)ncc2Cl)sc1C(=O)OCC(C)C. The Hall–Kier alpha value is -2.11. The summed E-state index contributed by atoms with van der Waals surface area (Å²) in [5, 5.41) is 1.94. The molecule has 0 unspecified atom stereocenters. The maximum absolute atomic E-state index is 12.4. The van der Waals surface area contributed by atoms with Crippen LogP contribution in [0.3, 0.4) is 0 Å². The van der Waals surface area contributed by atoms with Gasteiger partial charge in [-0.25, -0.2) is 28.2 Å². The van der Waals surface area contributed by atoms with Crippen LogP contribution in [0.25, 0.3) is 0 Å². The number of aryl methyl sites for hydroxylation is 1. The van der Waals surface area contributed by atoms with Crippen LogP contribution in [0.5, 0.6) is 0 Å². The number of carbonyl (C=O) groups excluding carboxylic acids is 2. The van der Waals surface area contributed by atoms with Gasteiger partial charge in [-0.05, 0) is 12.8 Å². The lowest BCUT2D eigenvalue weighted by Gasteiger charge is -2.05. The summed E-state index contributed by atoms with van der Waals surface area (Å²) in [6, 6.07) is 0. The molecule has 27 heavy (non-hydrogen) atoms. The molecule has 2 rings (SSSR count). The number of carbonyl (C=O) groups is 2. The van der Waals surface area contributed by atoms with Gasteiger partial charge in [0, 0.05) is 6.26 Å². The molecule has 0 atom stereocenters. The molecule has 2 aromatic heterocycles. The molecule has 146 valence electrons. The van der Waals surface area contributed by atoms with Crippen molar-refractivity contribution in [2.45, 2.75) is 25.9 Å². The minimum Gasteiger partial charge on any atom is -0.461 e. The van der Waals surface area contributed by atoms with E-state index < -0.39 is 26.9 Å². The first-order valence-corrected chi connectivity index (χ1v) is 10.8. The van der Waals surface area contributed by atoms with Gasteiger partial charge in [0.25, 0.3) is 5.91 Å². The highest BCUT2D eigenvalue weighted by atomic mass is 35.5. The second kappa shape index (κ2) is 8.28. The van der Waals surface area contributed by atoms with Crippen molar-refractivity contribution in [3.8, 4) is 0 Å². The van der Waals surface area contributed by atoms with Crippen LogP contribution in [-0.2, 0) is 14.6 Å². The lowest BCUT2D eigenvalue weighted by molar-refractivity contribution is 0.0463. The van der Waals surface area contributed by atoms with Crippen LogP contribution in [0.15, 0.2) is 11.4 Å². The molecule has 9 nitrogen and oxygen atoms in total. The third kappa shape index (κ3) is 5.44. The van der Waals surface area contributed by atoms with E-state index in [1.807, 2.05) is 13.8 Å². The molecule has 1 N–H and O–H groups in total. The van der Waals surface area contributed by atoms with E-state index >= 15 is 0 Å². The van der Waals surface area contributed by atoms with Crippen molar-refractivity contribution in [2.24, 2.45) is 5.92 Å². The number of halogens is 1. The van der Waals surface area contributed by atoms with E-state index in [1.165, 1.54) is 0 Å². The van der Waals surface area contributed by atoms with Gasteiger partial charge < -0.3 is 4.74 Å². The highest BCUT2D eigenvalue weighted by Gasteiger charge is 2.22. The van der Waals surface area contributed by atoms with Crippen LogP contribution in [0.4, 0.5) is 5.13 Å². The molecule has 0 radical (unpaired) electrons. The fourth-order valence-corrected chi connectivity index (χ4v) is 3.33. The van der Waals surface area contributed by atoms with Gasteiger partial charge in [0.05, 0.1) is 23.5 Å². The highest BCUT2D eigenvalue weighted by Crippen LogP contribution is 2.25. The second-order valence-corrected chi connectivity index (χ2v) is 9.32. The number of nitrogens with one attached hydrogen (secondary N) is 1. The molecular formula is C15H17ClN4O5S2. The fourth-order valence-electron chi connectivity index (χ4n) is 1.79. The predicted molar refractivity (Wildman–Crippen MR) is 100 cm³/mol. The van der Waals surface area contributed by atoms with Crippen LogP contribution in [0, 0.1) is 12.8 Å². The maximum Gasteiger partial charge on any atom is 0.350 e. The van der Waals surface area contributed by atoms with Crippen LogP contribution in [0.2, 0.25) is 5.02 Å². The largest absolute Gasteiger partial charge is 0.461 e. The standard InChI is InChI=1S/C15H17ClN4O5S2/c1-7(2)6-25-13(22)11-8(3)18-14(26-11)20-12(21)10-9(16)5-17-15(19-10)27(4,23)24/h5,7H,6H2,1-4H3,(H,18,20,21). The zero-order valence-corrected chi connectivity index (χ0v) is 17.3. The van der Waals surface area contributed by atoms with E-state index in [-0.39, 0.29) is 33.3 Å². The molecule has 0 bridgehead atoms. The molecule has 0 aliphatic carbocycles. The Labute approximate surface area is 165 Å². The summed E-state index contributed by atoms with van der Waals surface area (Å²) in [5.41, 5.74) is 0.0820. The number of ether oxygens (including phenoxy) is 1. The minimum absolute atomic E-state index is 0.121. The van der Waals surface area contributed by atoms with Crippen LogP contribution in [-0.4, -0.2) is 48.1 Å². The Balaban J connectivity index is 2.22. The Morgan fingerprint density at radius 3 is 2.59 bits per heavy atom. The summed E-state index contributed by atoms with van der Waals surface area (Å²) in [6.07, 6.45) is 1.94. The number of thiazole rings is 1. The number of hydrogen-bond donors (Lipinski definition) is 1. The predicted octanol–water partition coefficient (Wildman–Crippen LogP) is 2.36. The summed E-state index contributed by atoms with van der Waals surface area (Å²) in [4.78, 5) is 36.1. The molecule has 2 aromatic rings. The molecule has 0 saturated heterocycles. The first kappa shape index (κ1) is 21.2. The molecule has 0 spiro atoms. The summed E-state index contributed by atoms with van der Waals surface area (Å²) in [7, 11) is -3.71. The normalized spacial score (nSPS) is 11.5. The van der Waals surface area contributed by atoms with Gasteiger partial charge in [-0.3, -0.25) is 10.1 Å². The summed E-state index contributed by atoms with van der Waals surface area (Å²) in [6.45, 7) is 5.70. The van der Waals surface area contributed by atoms with Crippen LogP contribution in [0.1, 0.15) is 39.7 Å². The third-order valence-corrected chi connectivity index (χ3v) is 5.21. The van der Waals surface area contributed by atoms with E-state index in [0.29, 0.717) is 5.69 Å². The summed E-state index contributed by atoms with van der Waals surface area (Å²) in [5.74, 6) is -1.12. The Morgan fingerprint density at radius 1 is 1.33 bits per heavy atom. The van der Waals surface area contributed by atoms with Crippen LogP contribution >= 0.6 is 22.9 Å². The number of amides is 1. The lowest BCUT2D eigenvalue weighted by Crippen LogP contribution is -2.17. The van der Waals surface area contributed by atoms with Crippen molar-refractivity contribution >= 4 is 49.8 Å². The van der Waals surface area contributed by atoms with Gasteiger partial charge in [0.1, 0.15) is 4.88 Å². The van der Waals surface area contributed by atoms with Crippen molar-refractivity contribution < 1.29 is 22.7 Å². The smallest absolute Gasteiger partial charge is 0.350 e. The molecular weight excluding hydrogens is 416 g/mol. The van der Waals surface area contributed by atoms with Crippen molar-refractivity contribution in [1.82, 2.24) is 15.0 Å². The molecule has 12 heteroatoms. The van der Waals surface area contributed by atoms with Gasteiger partial charge in [0.15, 0.2) is 10.8 Å². The number of anilines is 1. The average molecular weight is 433 g/mol. The van der Waals surface area contributed by atoms with Gasteiger partial charge in [-0.2, -0.15) is 0 Å². The van der Waals surface area contributed by atoms with E-state index in [4.69, 9.17) is 16.3 Å². The molecule has 0 aliphatic heterocycles. The van der Waals surface area contributed by atoms with Crippen molar-refractivity contribution in [3.63, 3.8) is 0 Å². The number of esters is 1. The highest BCUT2D eigenvalue weighted by molar-refractivity contribution is 7.90. The van der Waals surface area contributed by atoms with E-state index in [0.717, 1.165) is 23.8 Å². The Bertz CT molecular complexity index is 988. The zero-order chi connectivity index (χ0) is 20.4. The molecule has 2 heterocycles.